The van der Waals surface area contributed by atoms with Crippen molar-refractivity contribution in [2.24, 2.45) is 0 Å². The quantitative estimate of drug-likeness (QED) is 0.473. The van der Waals surface area contributed by atoms with E-state index >= 15 is 0 Å². The Labute approximate surface area is 115 Å². The Kier molecular flexibility index (Phi) is 9.66. The van der Waals surface area contributed by atoms with Crippen molar-refractivity contribution in [1.29, 1.82) is 0 Å². The van der Waals surface area contributed by atoms with Crippen LogP contribution in [0.5, 0.6) is 0 Å². The molecule has 0 heterocycles. The average Bonchev–Trinajstić information content (AvgIpc) is 2.41. The van der Waals surface area contributed by atoms with Crippen LogP contribution in [0.4, 0.5) is 0 Å². The molecule has 1 fully saturated rings. The monoisotopic (exact) mass is 273 g/mol. The lowest BCUT2D eigenvalue weighted by Gasteiger charge is -2.23. The minimum absolute atomic E-state index is 0.378. The van der Waals surface area contributed by atoms with Crippen LogP contribution in [0.25, 0.3) is 0 Å². The molecule has 3 nitrogen and oxygen atoms in total. The Morgan fingerprint density at radius 1 is 1.39 bits per heavy atom. The van der Waals surface area contributed by atoms with Crippen LogP contribution < -0.4 is 5.32 Å². The van der Waals surface area contributed by atoms with Crippen LogP contribution in [-0.4, -0.2) is 48.5 Å². The summed E-state index contributed by atoms with van der Waals surface area (Å²) in [5, 5.41) is 13.0. The van der Waals surface area contributed by atoms with Gasteiger partial charge in [0, 0.05) is 24.6 Å². The third kappa shape index (κ3) is 8.14. The Morgan fingerprint density at radius 2 is 2.17 bits per heavy atom. The number of rotatable bonds is 10. The van der Waals surface area contributed by atoms with Gasteiger partial charge in [0.25, 0.3) is 0 Å². The van der Waals surface area contributed by atoms with Gasteiger partial charge in [-0.25, -0.2) is 0 Å². The summed E-state index contributed by atoms with van der Waals surface area (Å²) in [5.41, 5.74) is 0. The summed E-state index contributed by atoms with van der Waals surface area (Å²) in [4.78, 5) is 0. The second kappa shape index (κ2) is 10.9. The molecule has 0 saturated heterocycles. The number of ether oxygens (including phenoxy) is 1. The van der Waals surface area contributed by atoms with E-state index in [1.165, 1.54) is 32.1 Å². The zero-order valence-electron chi connectivity index (χ0n) is 11.3. The summed E-state index contributed by atoms with van der Waals surface area (Å²) >= 11 is 1.85. The SMILES string of the molecule is C=CCSCCNCC(O)COC1CCCCC1. The Morgan fingerprint density at radius 3 is 2.89 bits per heavy atom. The Bertz CT molecular complexity index is 208. The summed E-state index contributed by atoms with van der Waals surface area (Å²) in [6, 6.07) is 0. The molecule has 0 radical (unpaired) electrons. The molecule has 0 aromatic carbocycles. The normalized spacial score (nSPS) is 18.7. The summed E-state index contributed by atoms with van der Waals surface area (Å²) in [7, 11) is 0. The molecule has 2 N–H and O–H groups in total. The van der Waals surface area contributed by atoms with Gasteiger partial charge in [0.05, 0.1) is 18.8 Å². The number of nitrogens with one attached hydrogen (secondary N) is 1. The molecular formula is C14H27NO2S. The minimum Gasteiger partial charge on any atom is -0.389 e. The highest BCUT2D eigenvalue weighted by molar-refractivity contribution is 7.99. The van der Waals surface area contributed by atoms with E-state index in [0.29, 0.717) is 19.3 Å². The van der Waals surface area contributed by atoms with Crippen molar-refractivity contribution < 1.29 is 9.84 Å². The summed E-state index contributed by atoms with van der Waals surface area (Å²) in [6.45, 7) is 5.70. The second-order valence-electron chi connectivity index (χ2n) is 4.81. The fourth-order valence-corrected chi connectivity index (χ4v) is 2.74. The second-order valence-corrected chi connectivity index (χ2v) is 5.96. The molecule has 0 aromatic heterocycles. The first-order valence-electron chi connectivity index (χ1n) is 7.02. The van der Waals surface area contributed by atoms with Crippen LogP contribution >= 0.6 is 11.8 Å². The smallest absolute Gasteiger partial charge is 0.0897 e. The van der Waals surface area contributed by atoms with E-state index in [0.717, 1.165) is 18.1 Å². The lowest BCUT2D eigenvalue weighted by atomic mass is 9.98. The van der Waals surface area contributed by atoms with Crippen molar-refractivity contribution in [2.75, 3.05) is 31.2 Å². The molecule has 1 atom stereocenters. The van der Waals surface area contributed by atoms with E-state index in [4.69, 9.17) is 4.74 Å². The van der Waals surface area contributed by atoms with Crippen LogP contribution in [0.3, 0.4) is 0 Å². The summed E-state index contributed by atoms with van der Waals surface area (Å²) in [6.07, 6.45) is 8.15. The van der Waals surface area contributed by atoms with Gasteiger partial charge in [-0.1, -0.05) is 25.3 Å². The van der Waals surface area contributed by atoms with Gasteiger partial charge in [0.1, 0.15) is 0 Å². The maximum Gasteiger partial charge on any atom is 0.0897 e. The van der Waals surface area contributed by atoms with E-state index in [1.807, 2.05) is 17.8 Å². The van der Waals surface area contributed by atoms with Crippen molar-refractivity contribution >= 4 is 11.8 Å². The molecule has 0 bridgehead atoms. The average molecular weight is 273 g/mol. The Balaban J connectivity index is 1.89. The predicted octanol–water partition coefficient (Wildman–Crippen LogP) is 2.21. The number of hydrogen-bond acceptors (Lipinski definition) is 4. The first-order valence-corrected chi connectivity index (χ1v) is 8.17. The molecule has 0 aromatic rings. The molecule has 106 valence electrons. The van der Waals surface area contributed by atoms with E-state index in [1.54, 1.807) is 0 Å². The first kappa shape index (κ1) is 16.0. The van der Waals surface area contributed by atoms with E-state index in [-0.39, 0.29) is 6.10 Å². The third-order valence-electron chi connectivity index (χ3n) is 3.12. The summed E-state index contributed by atoms with van der Waals surface area (Å²) in [5.74, 6) is 2.05. The number of aliphatic hydroxyl groups excluding tert-OH is 1. The van der Waals surface area contributed by atoms with Gasteiger partial charge < -0.3 is 15.2 Å². The van der Waals surface area contributed by atoms with Gasteiger partial charge in [0.2, 0.25) is 0 Å². The van der Waals surface area contributed by atoms with Crippen LogP contribution in [0.15, 0.2) is 12.7 Å². The Hall–Kier alpha value is -0.0300. The largest absolute Gasteiger partial charge is 0.389 e. The standard InChI is InChI=1S/C14H27NO2S/c1-2-9-18-10-8-15-11-13(16)12-17-14-6-4-3-5-7-14/h2,13-16H,1,3-12H2. The van der Waals surface area contributed by atoms with Crippen molar-refractivity contribution in [3.05, 3.63) is 12.7 Å². The van der Waals surface area contributed by atoms with Crippen molar-refractivity contribution in [3.63, 3.8) is 0 Å². The molecule has 1 unspecified atom stereocenters. The molecule has 1 saturated carbocycles. The topological polar surface area (TPSA) is 41.5 Å². The maximum absolute atomic E-state index is 9.77. The van der Waals surface area contributed by atoms with Crippen molar-refractivity contribution in [2.45, 2.75) is 44.3 Å². The molecular weight excluding hydrogens is 246 g/mol. The number of aliphatic hydroxyl groups is 1. The lowest BCUT2D eigenvalue weighted by Crippen LogP contribution is -2.33. The fraction of sp³-hybridized carbons (Fsp3) is 0.857. The summed E-state index contributed by atoms with van der Waals surface area (Å²) < 4.78 is 5.73. The molecule has 1 aliphatic rings. The van der Waals surface area contributed by atoms with Gasteiger partial charge in [0.15, 0.2) is 0 Å². The zero-order chi connectivity index (χ0) is 13.1. The molecule has 0 spiro atoms. The minimum atomic E-state index is -0.378. The molecule has 4 heteroatoms. The highest BCUT2D eigenvalue weighted by Crippen LogP contribution is 2.20. The van der Waals surface area contributed by atoms with E-state index < -0.39 is 0 Å². The predicted molar refractivity (Wildman–Crippen MR) is 79.2 cm³/mol. The molecule has 0 aliphatic heterocycles. The van der Waals surface area contributed by atoms with Gasteiger partial charge in [-0.3, -0.25) is 0 Å². The molecule has 18 heavy (non-hydrogen) atoms. The van der Waals surface area contributed by atoms with Gasteiger partial charge >= 0.3 is 0 Å². The molecule has 0 amide bonds. The van der Waals surface area contributed by atoms with E-state index in [2.05, 4.69) is 11.9 Å². The molecule has 1 rings (SSSR count). The number of thioether (sulfide) groups is 1. The van der Waals surface area contributed by atoms with Crippen LogP contribution in [0, 0.1) is 0 Å². The zero-order valence-corrected chi connectivity index (χ0v) is 12.1. The highest BCUT2D eigenvalue weighted by Gasteiger charge is 2.15. The maximum atomic E-state index is 9.77. The number of hydrogen-bond donors (Lipinski definition) is 2. The van der Waals surface area contributed by atoms with Crippen LogP contribution in [0.2, 0.25) is 0 Å². The van der Waals surface area contributed by atoms with E-state index in [9.17, 15) is 5.11 Å². The first-order chi connectivity index (χ1) is 8.83. The van der Waals surface area contributed by atoms with Crippen molar-refractivity contribution in [1.82, 2.24) is 5.32 Å². The van der Waals surface area contributed by atoms with Crippen LogP contribution in [0.1, 0.15) is 32.1 Å². The third-order valence-corrected chi connectivity index (χ3v) is 4.08. The van der Waals surface area contributed by atoms with Gasteiger partial charge in [-0.2, -0.15) is 11.8 Å². The fourth-order valence-electron chi connectivity index (χ4n) is 2.12. The van der Waals surface area contributed by atoms with Gasteiger partial charge in [-0.15, -0.1) is 6.58 Å². The lowest BCUT2D eigenvalue weighted by molar-refractivity contribution is -0.0227. The molecule has 1 aliphatic carbocycles. The van der Waals surface area contributed by atoms with Gasteiger partial charge in [-0.05, 0) is 12.8 Å². The van der Waals surface area contributed by atoms with Crippen LogP contribution in [-0.2, 0) is 4.74 Å². The highest BCUT2D eigenvalue weighted by atomic mass is 32.2. The van der Waals surface area contributed by atoms with Crippen molar-refractivity contribution in [3.8, 4) is 0 Å².